The zero-order valence-electron chi connectivity index (χ0n) is 16.3. The number of nitrogens with one attached hydrogen (secondary N) is 2. The fraction of sp³-hybridized carbons (Fsp3) is 0.0455. The number of carbonyl (C=O) groups excluding carboxylic acids is 1. The van der Waals surface area contributed by atoms with Crippen molar-refractivity contribution in [3.63, 3.8) is 0 Å². The average molecular weight is 436 g/mol. The number of rotatable bonds is 4. The quantitative estimate of drug-likeness (QED) is 0.416. The smallest absolute Gasteiger partial charge is 0.341 e. The number of fused-ring (bicyclic) bond motifs is 2. The van der Waals surface area contributed by atoms with E-state index in [0.717, 1.165) is 6.20 Å². The van der Waals surface area contributed by atoms with E-state index in [-0.39, 0.29) is 11.6 Å². The molecular formula is C22H15F3N6O. The van der Waals surface area contributed by atoms with E-state index < -0.39 is 11.9 Å². The first-order chi connectivity index (χ1) is 15.4. The van der Waals surface area contributed by atoms with Gasteiger partial charge in [0.2, 0.25) is 0 Å². The molecule has 0 spiro atoms. The van der Waals surface area contributed by atoms with E-state index in [0.29, 0.717) is 28.4 Å². The van der Waals surface area contributed by atoms with Crippen LogP contribution in [0.3, 0.4) is 0 Å². The summed E-state index contributed by atoms with van der Waals surface area (Å²) in [4.78, 5) is 20.3. The molecule has 0 unspecified atom stereocenters. The third-order valence-electron chi connectivity index (χ3n) is 4.86. The van der Waals surface area contributed by atoms with Crippen LogP contribution >= 0.6 is 0 Å². The highest BCUT2D eigenvalue weighted by molar-refractivity contribution is 6.04. The van der Waals surface area contributed by atoms with E-state index >= 15 is 0 Å². The van der Waals surface area contributed by atoms with Gasteiger partial charge in [-0.2, -0.15) is 13.2 Å². The first kappa shape index (κ1) is 19.6. The minimum atomic E-state index is -4.52. The lowest BCUT2D eigenvalue weighted by Crippen LogP contribution is -2.12. The molecule has 0 radical (unpaired) electrons. The van der Waals surface area contributed by atoms with Gasteiger partial charge in [-0.3, -0.25) is 9.20 Å². The average Bonchev–Trinajstić information content (AvgIpc) is 3.42. The molecule has 0 saturated heterocycles. The second-order valence-electron chi connectivity index (χ2n) is 7.03. The Kier molecular flexibility index (Phi) is 4.54. The van der Waals surface area contributed by atoms with Crippen molar-refractivity contribution in [3.8, 4) is 0 Å². The summed E-state index contributed by atoms with van der Waals surface area (Å²) in [5.41, 5.74) is 1.57. The summed E-state index contributed by atoms with van der Waals surface area (Å²) in [5, 5.41) is 5.88. The standard InChI is InChI=1S/C22H15F3N6O/c23-22(24,25)17-13-31-18(2-1-3-19(31)29-17)27-15-4-6-16(7-5-15)28-21(32)14-8-10-30-11-9-26-20(30)12-14/h1-13,27H,(H,28,32). The predicted octanol–water partition coefficient (Wildman–Crippen LogP) is 5.00. The van der Waals surface area contributed by atoms with Crippen LogP contribution in [0.5, 0.6) is 0 Å². The van der Waals surface area contributed by atoms with Gasteiger partial charge in [-0.15, -0.1) is 0 Å². The Balaban J connectivity index is 1.33. The number of imidazole rings is 2. The number of hydrogen-bond donors (Lipinski definition) is 2. The minimum Gasteiger partial charge on any atom is -0.341 e. The van der Waals surface area contributed by atoms with Crippen molar-refractivity contribution in [3.05, 3.63) is 90.6 Å². The maximum Gasteiger partial charge on any atom is 0.434 e. The molecule has 0 atom stereocenters. The maximum atomic E-state index is 13.0. The topological polar surface area (TPSA) is 75.7 Å². The van der Waals surface area contributed by atoms with Crippen molar-refractivity contribution in [2.75, 3.05) is 10.6 Å². The van der Waals surface area contributed by atoms with E-state index in [9.17, 15) is 18.0 Å². The highest BCUT2D eigenvalue weighted by atomic mass is 19.4. The first-order valence-electron chi connectivity index (χ1n) is 9.53. The van der Waals surface area contributed by atoms with Gasteiger partial charge in [-0.05, 0) is 48.5 Å². The number of pyridine rings is 2. The van der Waals surface area contributed by atoms with Gasteiger partial charge in [0.1, 0.15) is 17.1 Å². The number of benzene rings is 1. The van der Waals surface area contributed by atoms with Gasteiger partial charge in [0.25, 0.3) is 5.91 Å². The van der Waals surface area contributed by atoms with Gasteiger partial charge in [-0.25, -0.2) is 9.97 Å². The van der Waals surface area contributed by atoms with Gasteiger partial charge in [0, 0.05) is 41.7 Å². The van der Waals surface area contributed by atoms with Crippen LogP contribution < -0.4 is 10.6 Å². The van der Waals surface area contributed by atoms with E-state index in [1.54, 1.807) is 71.5 Å². The summed E-state index contributed by atoms with van der Waals surface area (Å²) < 4.78 is 42.1. The monoisotopic (exact) mass is 436 g/mol. The summed E-state index contributed by atoms with van der Waals surface area (Å²) >= 11 is 0. The van der Waals surface area contributed by atoms with Crippen molar-refractivity contribution >= 4 is 34.4 Å². The van der Waals surface area contributed by atoms with Crippen LogP contribution in [-0.4, -0.2) is 24.7 Å². The lowest BCUT2D eigenvalue weighted by Gasteiger charge is -2.10. The van der Waals surface area contributed by atoms with Gasteiger partial charge in [0.15, 0.2) is 5.69 Å². The van der Waals surface area contributed by atoms with Crippen LogP contribution in [0.1, 0.15) is 16.1 Å². The van der Waals surface area contributed by atoms with E-state index in [2.05, 4.69) is 20.6 Å². The molecule has 10 heteroatoms. The van der Waals surface area contributed by atoms with Crippen LogP contribution in [0.25, 0.3) is 11.3 Å². The Hall–Kier alpha value is -4.34. The number of aromatic nitrogens is 4. The Morgan fingerprint density at radius 2 is 1.72 bits per heavy atom. The Morgan fingerprint density at radius 1 is 0.938 bits per heavy atom. The molecule has 160 valence electrons. The molecule has 1 aromatic carbocycles. The summed E-state index contributed by atoms with van der Waals surface area (Å²) in [5.74, 6) is 0.148. The number of anilines is 3. The fourth-order valence-corrected chi connectivity index (χ4v) is 3.29. The van der Waals surface area contributed by atoms with Crippen LogP contribution in [0.4, 0.5) is 30.4 Å². The fourth-order valence-electron chi connectivity index (χ4n) is 3.29. The number of hydrogen-bond acceptors (Lipinski definition) is 4. The number of alkyl halides is 3. The van der Waals surface area contributed by atoms with E-state index in [4.69, 9.17) is 0 Å². The molecule has 0 aliphatic carbocycles. The largest absolute Gasteiger partial charge is 0.434 e. The third-order valence-corrected chi connectivity index (χ3v) is 4.86. The molecule has 0 aliphatic rings. The normalized spacial score (nSPS) is 11.7. The molecule has 5 rings (SSSR count). The zero-order chi connectivity index (χ0) is 22.3. The van der Waals surface area contributed by atoms with Crippen LogP contribution in [0.2, 0.25) is 0 Å². The summed E-state index contributed by atoms with van der Waals surface area (Å²) in [6.07, 6.45) is 1.62. The number of nitrogens with zero attached hydrogens (tertiary/aromatic N) is 4. The Labute approximate surface area is 179 Å². The van der Waals surface area contributed by atoms with Crippen molar-refractivity contribution in [2.24, 2.45) is 0 Å². The third kappa shape index (κ3) is 3.73. The van der Waals surface area contributed by atoms with Gasteiger partial charge in [0.05, 0.1) is 0 Å². The summed E-state index contributed by atoms with van der Waals surface area (Å²) in [7, 11) is 0. The van der Waals surface area contributed by atoms with Crippen molar-refractivity contribution in [1.29, 1.82) is 0 Å². The molecule has 0 fully saturated rings. The van der Waals surface area contributed by atoms with Crippen LogP contribution in [0.15, 0.2) is 79.4 Å². The van der Waals surface area contributed by atoms with E-state index in [1.165, 1.54) is 10.5 Å². The molecule has 7 nitrogen and oxygen atoms in total. The van der Waals surface area contributed by atoms with Gasteiger partial charge in [-0.1, -0.05) is 6.07 Å². The van der Waals surface area contributed by atoms with Crippen LogP contribution in [0, 0.1) is 0 Å². The number of halogens is 3. The van der Waals surface area contributed by atoms with E-state index in [1.807, 2.05) is 0 Å². The van der Waals surface area contributed by atoms with Gasteiger partial charge < -0.3 is 15.0 Å². The zero-order valence-corrected chi connectivity index (χ0v) is 16.3. The second-order valence-corrected chi connectivity index (χ2v) is 7.03. The minimum absolute atomic E-state index is 0.181. The SMILES string of the molecule is O=C(Nc1ccc(Nc2cccc3nc(C(F)(F)F)cn23)cc1)c1ccn2ccnc2c1. The second kappa shape index (κ2) is 7.41. The molecule has 0 aliphatic heterocycles. The highest BCUT2D eigenvalue weighted by Crippen LogP contribution is 2.30. The lowest BCUT2D eigenvalue weighted by atomic mass is 10.2. The predicted molar refractivity (Wildman–Crippen MR) is 113 cm³/mol. The first-order valence-corrected chi connectivity index (χ1v) is 9.53. The summed E-state index contributed by atoms with van der Waals surface area (Å²) in [6, 6.07) is 15.0. The molecule has 1 amide bonds. The van der Waals surface area contributed by atoms with Gasteiger partial charge >= 0.3 is 6.18 Å². The van der Waals surface area contributed by atoms with Crippen molar-refractivity contribution < 1.29 is 18.0 Å². The molecule has 0 bridgehead atoms. The van der Waals surface area contributed by atoms with Crippen molar-refractivity contribution in [1.82, 2.24) is 18.8 Å². The molecule has 32 heavy (non-hydrogen) atoms. The number of amides is 1. The molecule has 0 saturated carbocycles. The Bertz CT molecular complexity index is 1440. The van der Waals surface area contributed by atoms with Crippen molar-refractivity contribution in [2.45, 2.75) is 6.18 Å². The molecule has 4 heterocycles. The molecule has 5 aromatic rings. The summed E-state index contributed by atoms with van der Waals surface area (Å²) in [6.45, 7) is 0. The lowest BCUT2D eigenvalue weighted by molar-refractivity contribution is -0.140. The molecule has 4 aromatic heterocycles. The molecule has 2 N–H and O–H groups in total. The number of carbonyl (C=O) groups is 1. The Morgan fingerprint density at radius 3 is 2.50 bits per heavy atom. The van der Waals surface area contributed by atoms with Crippen LogP contribution in [-0.2, 0) is 6.18 Å². The molecular weight excluding hydrogens is 421 g/mol. The maximum absolute atomic E-state index is 13.0. The highest BCUT2D eigenvalue weighted by Gasteiger charge is 2.34.